The molecule has 19 heavy (non-hydrogen) atoms. The molecule has 2 aromatic rings. The maximum Gasteiger partial charge on any atom is 0.244 e. The van der Waals surface area contributed by atoms with Crippen molar-refractivity contribution in [2.24, 2.45) is 5.73 Å². The summed E-state index contributed by atoms with van der Waals surface area (Å²) in [4.78, 5) is 5.26. The predicted molar refractivity (Wildman–Crippen MR) is 75.1 cm³/mol. The molecule has 0 spiro atoms. The molecule has 0 aliphatic rings. The first-order valence-electron chi connectivity index (χ1n) is 5.68. The summed E-state index contributed by atoms with van der Waals surface area (Å²) in [6.07, 6.45) is 1.65. The lowest BCUT2D eigenvalue weighted by molar-refractivity contribution is 0.462. The van der Waals surface area contributed by atoms with E-state index < -0.39 is 10.0 Å². The largest absolute Gasteiger partial charge is 0.326 e. The van der Waals surface area contributed by atoms with Crippen LogP contribution >= 0.6 is 11.3 Å². The van der Waals surface area contributed by atoms with Gasteiger partial charge >= 0.3 is 0 Å². The van der Waals surface area contributed by atoms with Crippen molar-refractivity contribution in [2.45, 2.75) is 18.0 Å². The third-order valence-corrected chi connectivity index (χ3v) is 5.54. The Morgan fingerprint density at radius 2 is 2.21 bits per heavy atom. The minimum atomic E-state index is -3.48. The van der Waals surface area contributed by atoms with Gasteiger partial charge in [-0.2, -0.15) is 4.31 Å². The van der Waals surface area contributed by atoms with Crippen molar-refractivity contribution in [1.82, 2.24) is 9.29 Å². The number of hydrogen-bond acceptors (Lipinski definition) is 5. The number of hydrogen-bond donors (Lipinski definition) is 1. The first-order valence-corrected chi connectivity index (χ1v) is 7.99. The Morgan fingerprint density at radius 1 is 1.42 bits per heavy atom. The van der Waals surface area contributed by atoms with Crippen molar-refractivity contribution in [3.63, 3.8) is 0 Å². The third kappa shape index (κ3) is 3.19. The van der Waals surface area contributed by atoms with Gasteiger partial charge in [0.15, 0.2) is 0 Å². The summed E-state index contributed by atoms with van der Waals surface area (Å²) in [6.45, 7) is 0.598. The van der Waals surface area contributed by atoms with E-state index in [0.29, 0.717) is 12.2 Å². The summed E-state index contributed by atoms with van der Waals surface area (Å²) < 4.78 is 25.9. The molecule has 102 valence electrons. The molecule has 0 saturated heterocycles. The van der Waals surface area contributed by atoms with Crippen LogP contribution in [0.3, 0.4) is 0 Å². The predicted octanol–water partition coefficient (Wildman–Crippen LogP) is 1.42. The molecular weight excluding hydrogens is 282 g/mol. The van der Waals surface area contributed by atoms with Crippen LogP contribution in [0.1, 0.15) is 10.6 Å². The van der Waals surface area contributed by atoms with Crippen molar-refractivity contribution in [3.8, 4) is 0 Å². The van der Waals surface area contributed by atoms with Gasteiger partial charge in [-0.25, -0.2) is 8.42 Å². The molecule has 0 unspecified atom stereocenters. The van der Waals surface area contributed by atoms with Crippen LogP contribution in [-0.4, -0.2) is 24.8 Å². The lowest BCUT2D eigenvalue weighted by Gasteiger charge is -2.15. The molecule has 7 heteroatoms. The Kier molecular flexibility index (Phi) is 4.31. The van der Waals surface area contributed by atoms with Gasteiger partial charge in [-0.05, 0) is 18.2 Å². The molecule has 2 aromatic heterocycles. The number of nitrogens with zero attached hydrogens (tertiary/aromatic N) is 2. The van der Waals surface area contributed by atoms with Crippen LogP contribution in [-0.2, 0) is 23.1 Å². The summed E-state index contributed by atoms with van der Waals surface area (Å²) in [7, 11) is -1.93. The Hall–Kier alpha value is -1.28. The van der Waals surface area contributed by atoms with Crippen molar-refractivity contribution in [3.05, 3.63) is 46.4 Å². The monoisotopic (exact) mass is 297 g/mol. The van der Waals surface area contributed by atoms with Crippen molar-refractivity contribution >= 4 is 21.4 Å². The lowest BCUT2D eigenvalue weighted by atomic mass is 10.3. The molecule has 0 amide bonds. The summed E-state index contributed by atoms with van der Waals surface area (Å²) in [5, 5.41) is 1.62. The first kappa shape index (κ1) is 14.1. The van der Waals surface area contributed by atoms with E-state index in [2.05, 4.69) is 4.98 Å². The summed E-state index contributed by atoms with van der Waals surface area (Å²) in [6, 6.07) is 7.05. The van der Waals surface area contributed by atoms with E-state index in [0.717, 1.165) is 4.88 Å². The highest BCUT2D eigenvalue weighted by molar-refractivity contribution is 7.89. The molecule has 0 aliphatic carbocycles. The zero-order chi connectivity index (χ0) is 13.9. The average molecular weight is 297 g/mol. The van der Waals surface area contributed by atoms with Gasteiger partial charge in [-0.3, -0.25) is 4.98 Å². The second-order valence-corrected chi connectivity index (χ2v) is 7.08. The Bertz CT molecular complexity index is 638. The fourth-order valence-corrected chi connectivity index (χ4v) is 3.87. The number of rotatable bonds is 5. The summed E-state index contributed by atoms with van der Waals surface area (Å²) in [5.74, 6) is 0. The minimum absolute atomic E-state index is 0.247. The van der Waals surface area contributed by atoms with Gasteiger partial charge in [0, 0.05) is 30.0 Å². The molecule has 0 bridgehead atoms. The molecule has 0 aliphatic heterocycles. The summed E-state index contributed by atoms with van der Waals surface area (Å²) in [5.41, 5.74) is 6.21. The van der Waals surface area contributed by atoms with E-state index in [1.165, 1.54) is 15.6 Å². The van der Waals surface area contributed by atoms with E-state index in [1.54, 1.807) is 36.8 Å². The fourth-order valence-electron chi connectivity index (χ4n) is 1.59. The number of sulfonamides is 1. The molecule has 0 saturated carbocycles. The Labute approximate surface area is 116 Å². The quantitative estimate of drug-likeness (QED) is 0.905. The van der Waals surface area contributed by atoms with Gasteiger partial charge in [0.05, 0.1) is 17.1 Å². The normalized spacial score (nSPS) is 11.9. The highest BCUT2D eigenvalue weighted by Crippen LogP contribution is 2.22. The molecule has 0 atom stereocenters. The van der Waals surface area contributed by atoms with E-state index in [-0.39, 0.29) is 11.4 Å². The second kappa shape index (κ2) is 5.79. The second-order valence-electron chi connectivity index (χ2n) is 4.04. The minimum Gasteiger partial charge on any atom is -0.326 e. The van der Waals surface area contributed by atoms with E-state index >= 15 is 0 Å². The zero-order valence-electron chi connectivity index (χ0n) is 10.5. The first-order chi connectivity index (χ1) is 9.04. The smallest absolute Gasteiger partial charge is 0.244 e. The molecule has 2 heterocycles. The third-order valence-electron chi connectivity index (χ3n) is 2.65. The average Bonchev–Trinajstić information content (AvgIpc) is 2.89. The molecule has 5 nitrogen and oxygen atoms in total. The standard InChI is InChI=1S/C12H15N3O2S2/c1-15(8-10-4-2-3-5-14-10)19(16,17)12-6-11(7-13)18-9-12/h2-6,9H,7-8,13H2,1H3. The number of aromatic nitrogens is 1. The molecular formula is C12H15N3O2S2. The van der Waals surface area contributed by atoms with E-state index in [9.17, 15) is 8.42 Å². The van der Waals surface area contributed by atoms with E-state index in [1.807, 2.05) is 6.07 Å². The van der Waals surface area contributed by atoms with Gasteiger partial charge in [-0.1, -0.05) is 6.07 Å². The van der Waals surface area contributed by atoms with Crippen LogP contribution in [0.5, 0.6) is 0 Å². The van der Waals surface area contributed by atoms with Crippen molar-refractivity contribution in [1.29, 1.82) is 0 Å². The van der Waals surface area contributed by atoms with Crippen LogP contribution < -0.4 is 5.73 Å². The molecule has 0 aromatic carbocycles. The SMILES string of the molecule is CN(Cc1ccccn1)S(=O)(=O)c1csc(CN)c1. The van der Waals surface area contributed by atoms with Crippen LogP contribution in [0.4, 0.5) is 0 Å². The van der Waals surface area contributed by atoms with Crippen LogP contribution in [0.2, 0.25) is 0 Å². The van der Waals surface area contributed by atoms with Crippen molar-refractivity contribution < 1.29 is 8.42 Å². The van der Waals surface area contributed by atoms with Crippen LogP contribution in [0, 0.1) is 0 Å². The van der Waals surface area contributed by atoms with Crippen LogP contribution in [0.25, 0.3) is 0 Å². The highest BCUT2D eigenvalue weighted by Gasteiger charge is 2.22. The number of nitrogens with two attached hydrogens (primary N) is 1. The Balaban J connectivity index is 2.19. The summed E-state index contributed by atoms with van der Waals surface area (Å²) >= 11 is 1.35. The molecule has 0 radical (unpaired) electrons. The van der Waals surface area contributed by atoms with Crippen molar-refractivity contribution in [2.75, 3.05) is 7.05 Å². The number of pyridine rings is 1. The zero-order valence-corrected chi connectivity index (χ0v) is 12.1. The maximum absolute atomic E-state index is 12.3. The fraction of sp³-hybridized carbons (Fsp3) is 0.250. The van der Waals surface area contributed by atoms with Gasteiger partial charge in [0.1, 0.15) is 0 Å². The Morgan fingerprint density at radius 3 is 2.79 bits per heavy atom. The van der Waals surface area contributed by atoms with Gasteiger partial charge in [0.25, 0.3) is 0 Å². The molecule has 2 N–H and O–H groups in total. The van der Waals surface area contributed by atoms with Gasteiger partial charge in [0.2, 0.25) is 10.0 Å². The van der Waals surface area contributed by atoms with Gasteiger partial charge < -0.3 is 5.73 Å². The molecule has 0 fully saturated rings. The molecule has 2 rings (SSSR count). The van der Waals surface area contributed by atoms with E-state index in [4.69, 9.17) is 5.73 Å². The lowest BCUT2D eigenvalue weighted by Crippen LogP contribution is -2.26. The van der Waals surface area contributed by atoms with Crippen LogP contribution in [0.15, 0.2) is 40.7 Å². The highest BCUT2D eigenvalue weighted by atomic mass is 32.2. The maximum atomic E-state index is 12.3. The topological polar surface area (TPSA) is 76.3 Å². The van der Waals surface area contributed by atoms with Gasteiger partial charge in [-0.15, -0.1) is 11.3 Å². The number of thiophene rings is 1.